The maximum atomic E-state index is 14.0. The van der Waals surface area contributed by atoms with Gasteiger partial charge in [-0.15, -0.1) is 0 Å². The number of hydrogen-bond acceptors (Lipinski definition) is 4. The molecule has 0 aromatic heterocycles. The van der Waals surface area contributed by atoms with Crippen LogP contribution in [0, 0.1) is 34.5 Å². The first kappa shape index (κ1) is 18.7. The topological polar surface area (TPSA) is 66.7 Å². The van der Waals surface area contributed by atoms with Crippen LogP contribution in [0.15, 0.2) is 30.3 Å². The van der Waals surface area contributed by atoms with Crippen molar-refractivity contribution in [2.45, 2.75) is 6.92 Å². The van der Waals surface area contributed by atoms with Crippen LogP contribution in [-0.2, 0) is 0 Å². The molecular formula is C18H16F3N3O3. The van der Waals surface area contributed by atoms with E-state index in [1.807, 2.05) is 36.1 Å². The fourth-order valence-corrected chi connectivity index (χ4v) is 3.04. The second-order valence-corrected chi connectivity index (χ2v) is 6.26. The Balaban J connectivity index is 1.79. The molecule has 27 heavy (non-hydrogen) atoms. The summed E-state index contributed by atoms with van der Waals surface area (Å²) in [6.45, 7) is 3.32. The first-order chi connectivity index (χ1) is 12.8. The zero-order valence-electron chi connectivity index (χ0n) is 14.4. The number of aryl methyl sites for hydroxylation is 1. The maximum absolute atomic E-state index is 14.0. The van der Waals surface area contributed by atoms with Crippen LogP contribution >= 0.6 is 0 Å². The summed E-state index contributed by atoms with van der Waals surface area (Å²) in [6.07, 6.45) is 0. The van der Waals surface area contributed by atoms with Crippen molar-refractivity contribution in [3.8, 4) is 0 Å². The van der Waals surface area contributed by atoms with Crippen LogP contribution in [0.4, 0.5) is 24.5 Å². The summed E-state index contributed by atoms with van der Waals surface area (Å²) in [4.78, 5) is 25.4. The summed E-state index contributed by atoms with van der Waals surface area (Å²) in [5.41, 5.74) is -0.0424. The lowest BCUT2D eigenvalue weighted by Gasteiger charge is -2.36. The molecule has 0 unspecified atom stereocenters. The van der Waals surface area contributed by atoms with E-state index in [0.717, 1.165) is 11.3 Å². The van der Waals surface area contributed by atoms with Gasteiger partial charge in [0.1, 0.15) is 0 Å². The van der Waals surface area contributed by atoms with Crippen molar-refractivity contribution in [3.05, 3.63) is 69.0 Å². The molecule has 6 nitrogen and oxygen atoms in total. The van der Waals surface area contributed by atoms with Gasteiger partial charge in [-0.25, -0.2) is 8.78 Å². The highest BCUT2D eigenvalue weighted by Crippen LogP contribution is 2.27. The van der Waals surface area contributed by atoms with E-state index in [9.17, 15) is 28.1 Å². The van der Waals surface area contributed by atoms with Crippen LogP contribution in [0.1, 0.15) is 15.9 Å². The molecule has 1 heterocycles. The molecule has 1 fully saturated rings. The highest BCUT2D eigenvalue weighted by atomic mass is 19.2. The Bertz CT molecular complexity index is 912. The van der Waals surface area contributed by atoms with E-state index >= 15 is 0 Å². The summed E-state index contributed by atoms with van der Waals surface area (Å²) >= 11 is 0. The Morgan fingerprint density at radius 2 is 1.70 bits per heavy atom. The Labute approximate surface area is 153 Å². The Morgan fingerprint density at radius 1 is 1.04 bits per heavy atom. The van der Waals surface area contributed by atoms with Crippen molar-refractivity contribution < 1.29 is 22.9 Å². The zero-order valence-corrected chi connectivity index (χ0v) is 14.4. The van der Waals surface area contributed by atoms with E-state index in [-0.39, 0.29) is 13.1 Å². The number of nitro benzene ring substituents is 1. The van der Waals surface area contributed by atoms with Gasteiger partial charge in [0, 0.05) is 37.9 Å². The molecule has 1 aliphatic heterocycles. The lowest BCUT2D eigenvalue weighted by Crippen LogP contribution is -2.49. The highest BCUT2D eigenvalue weighted by Gasteiger charge is 2.31. The summed E-state index contributed by atoms with van der Waals surface area (Å²) < 4.78 is 41.1. The van der Waals surface area contributed by atoms with E-state index in [0.29, 0.717) is 19.2 Å². The standard InChI is InChI=1S/C18H16F3N3O3/c1-11-3-2-4-12(9-11)22-5-7-23(8-6-22)18(25)13-10-14(24(26)27)16(20)17(21)15(13)19/h2-4,9-10H,5-8H2,1H3. The lowest BCUT2D eigenvalue weighted by molar-refractivity contribution is -0.387. The zero-order chi connectivity index (χ0) is 19.7. The molecule has 0 atom stereocenters. The van der Waals surface area contributed by atoms with Gasteiger partial charge in [-0.05, 0) is 24.6 Å². The molecule has 0 N–H and O–H groups in total. The molecule has 9 heteroatoms. The molecule has 2 aromatic carbocycles. The van der Waals surface area contributed by atoms with E-state index < -0.39 is 39.5 Å². The van der Waals surface area contributed by atoms with Crippen molar-refractivity contribution in [1.82, 2.24) is 4.90 Å². The van der Waals surface area contributed by atoms with Crippen molar-refractivity contribution in [2.75, 3.05) is 31.1 Å². The number of nitro groups is 1. The summed E-state index contributed by atoms with van der Waals surface area (Å²) in [6, 6.07) is 8.25. The predicted molar refractivity (Wildman–Crippen MR) is 92.3 cm³/mol. The number of rotatable bonds is 3. The number of carbonyl (C=O) groups excluding carboxylic acids is 1. The number of amides is 1. The van der Waals surface area contributed by atoms with Gasteiger partial charge in [0.2, 0.25) is 11.6 Å². The molecule has 3 rings (SSSR count). The quantitative estimate of drug-likeness (QED) is 0.466. The lowest BCUT2D eigenvalue weighted by atomic mass is 10.1. The largest absolute Gasteiger partial charge is 0.368 e. The number of carbonyl (C=O) groups is 1. The number of nitrogens with zero attached hydrogens (tertiary/aromatic N) is 3. The van der Waals surface area contributed by atoms with Crippen LogP contribution in [0.25, 0.3) is 0 Å². The number of piperazine rings is 1. The minimum atomic E-state index is -2.02. The number of hydrogen-bond donors (Lipinski definition) is 0. The summed E-state index contributed by atoms with van der Waals surface area (Å²) in [5.74, 6) is -6.56. The molecule has 1 saturated heterocycles. The van der Waals surface area contributed by atoms with Gasteiger partial charge in [-0.2, -0.15) is 4.39 Å². The Kier molecular flexibility index (Phi) is 5.02. The van der Waals surface area contributed by atoms with Crippen LogP contribution < -0.4 is 4.90 Å². The van der Waals surface area contributed by atoms with Crippen LogP contribution in [0.5, 0.6) is 0 Å². The van der Waals surface area contributed by atoms with Gasteiger partial charge in [0.15, 0.2) is 5.82 Å². The molecule has 2 aromatic rings. The maximum Gasteiger partial charge on any atom is 0.308 e. The first-order valence-electron chi connectivity index (χ1n) is 8.22. The fraction of sp³-hybridized carbons (Fsp3) is 0.278. The van der Waals surface area contributed by atoms with Crippen molar-refractivity contribution in [2.24, 2.45) is 0 Å². The molecule has 142 valence electrons. The van der Waals surface area contributed by atoms with E-state index in [4.69, 9.17) is 0 Å². The average molecular weight is 379 g/mol. The normalized spacial score (nSPS) is 14.4. The first-order valence-corrected chi connectivity index (χ1v) is 8.22. The Morgan fingerprint density at radius 3 is 2.30 bits per heavy atom. The van der Waals surface area contributed by atoms with Crippen molar-refractivity contribution in [1.29, 1.82) is 0 Å². The third-order valence-corrected chi connectivity index (χ3v) is 4.49. The van der Waals surface area contributed by atoms with Gasteiger partial charge < -0.3 is 9.80 Å². The van der Waals surface area contributed by atoms with Gasteiger partial charge >= 0.3 is 5.69 Å². The van der Waals surface area contributed by atoms with Gasteiger partial charge in [-0.1, -0.05) is 12.1 Å². The van der Waals surface area contributed by atoms with Gasteiger partial charge in [-0.3, -0.25) is 14.9 Å². The molecule has 0 radical (unpaired) electrons. The molecule has 0 bridgehead atoms. The van der Waals surface area contributed by atoms with Crippen molar-refractivity contribution >= 4 is 17.3 Å². The third-order valence-electron chi connectivity index (χ3n) is 4.49. The smallest absolute Gasteiger partial charge is 0.308 e. The van der Waals surface area contributed by atoms with Crippen LogP contribution in [0.3, 0.4) is 0 Å². The molecule has 0 aliphatic carbocycles. The predicted octanol–water partition coefficient (Wildman–Crippen LogP) is 3.28. The number of benzene rings is 2. The second-order valence-electron chi connectivity index (χ2n) is 6.26. The van der Waals surface area contributed by atoms with E-state index in [1.165, 1.54) is 4.90 Å². The SMILES string of the molecule is Cc1cccc(N2CCN(C(=O)c3cc([N+](=O)[O-])c(F)c(F)c3F)CC2)c1. The summed E-state index contributed by atoms with van der Waals surface area (Å²) in [7, 11) is 0. The number of anilines is 1. The van der Waals surface area contributed by atoms with Gasteiger partial charge in [0.05, 0.1) is 10.5 Å². The molecule has 0 saturated carbocycles. The number of halogens is 3. The molecule has 1 amide bonds. The third kappa shape index (κ3) is 3.57. The highest BCUT2D eigenvalue weighted by molar-refractivity contribution is 5.95. The van der Waals surface area contributed by atoms with Crippen molar-refractivity contribution in [3.63, 3.8) is 0 Å². The minimum Gasteiger partial charge on any atom is -0.368 e. The average Bonchev–Trinajstić information content (AvgIpc) is 2.66. The van der Waals surface area contributed by atoms with E-state index in [1.54, 1.807) is 0 Å². The summed E-state index contributed by atoms with van der Waals surface area (Å²) in [5, 5.41) is 10.8. The fourth-order valence-electron chi connectivity index (χ4n) is 3.04. The second kappa shape index (κ2) is 7.26. The minimum absolute atomic E-state index is 0.221. The van der Waals surface area contributed by atoms with Crippen LogP contribution in [0.2, 0.25) is 0 Å². The molecular weight excluding hydrogens is 363 g/mol. The van der Waals surface area contributed by atoms with E-state index in [2.05, 4.69) is 0 Å². The molecule has 1 aliphatic rings. The Hall–Kier alpha value is -3.10. The van der Waals surface area contributed by atoms with Crippen LogP contribution in [-0.4, -0.2) is 41.9 Å². The van der Waals surface area contributed by atoms with Gasteiger partial charge in [0.25, 0.3) is 5.91 Å². The molecule has 0 spiro atoms. The monoisotopic (exact) mass is 379 g/mol.